The predicted octanol–water partition coefficient (Wildman–Crippen LogP) is 2.57. The van der Waals surface area contributed by atoms with Crippen molar-refractivity contribution in [1.29, 1.82) is 0 Å². The maximum Gasteiger partial charge on any atom is 0.191 e. The van der Waals surface area contributed by atoms with Gasteiger partial charge in [-0.25, -0.2) is 9.67 Å². The summed E-state index contributed by atoms with van der Waals surface area (Å²) in [6.45, 7) is 2.52. The molecule has 6 nitrogen and oxygen atoms in total. The van der Waals surface area contributed by atoms with Crippen molar-refractivity contribution in [3.63, 3.8) is 0 Å². The summed E-state index contributed by atoms with van der Waals surface area (Å²) in [6, 6.07) is 9.77. The Labute approximate surface area is 142 Å². The second kappa shape index (κ2) is 7.86. The molecule has 6 heteroatoms. The number of hydrogen-bond acceptors (Lipinski definition) is 3. The Morgan fingerprint density at radius 1 is 1.12 bits per heavy atom. The molecule has 1 aliphatic rings. The van der Waals surface area contributed by atoms with Crippen molar-refractivity contribution >= 4 is 5.96 Å². The Morgan fingerprint density at radius 2 is 1.83 bits per heavy atom. The average molecular weight is 327 g/mol. The Kier molecular flexibility index (Phi) is 5.36. The van der Waals surface area contributed by atoms with Gasteiger partial charge in [0.05, 0.1) is 25.0 Å². The highest BCUT2D eigenvalue weighted by molar-refractivity contribution is 5.78. The summed E-state index contributed by atoms with van der Waals surface area (Å²) in [7, 11) is 1.66. The third kappa shape index (κ3) is 4.07. The summed E-state index contributed by atoms with van der Waals surface area (Å²) in [5.74, 6) is 1.47. The van der Waals surface area contributed by atoms with Crippen molar-refractivity contribution in [2.45, 2.75) is 32.2 Å². The SMILES string of the molecule is COc1ccc(-n2ccc(CN=C(N)N3CCCCCC3)n2)cc1. The summed E-state index contributed by atoms with van der Waals surface area (Å²) < 4.78 is 7.02. The molecule has 0 bridgehead atoms. The number of aromatic nitrogens is 2. The zero-order valence-corrected chi connectivity index (χ0v) is 14.2. The Hall–Kier alpha value is -2.50. The summed E-state index contributed by atoms with van der Waals surface area (Å²) in [5, 5.41) is 4.57. The van der Waals surface area contributed by atoms with E-state index in [9.17, 15) is 0 Å². The van der Waals surface area contributed by atoms with Gasteiger partial charge in [0.2, 0.25) is 0 Å². The van der Waals surface area contributed by atoms with Gasteiger partial charge in [-0.05, 0) is 43.2 Å². The molecule has 1 fully saturated rings. The number of likely N-dealkylation sites (tertiary alicyclic amines) is 1. The van der Waals surface area contributed by atoms with Gasteiger partial charge in [-0.3, -0.25) is 0 Å². The summed E-state index contributed by atoms with van der Waals surface area (Å²) >= 11 is 0. The fraction of sp³-hybridized carbons (Fsp3) is 0.444. The van der Waals surface area contributed by atoms with Crippen LogP contribution in [0.2, 0.25) is 0 Å². The monoisotopic (exact) mass is 327 g/mol. The first-order chi connectivity index (χ1) is 11.8. The molecule has 1 aromatic heterocycles. The largest absolute Gasteiger partial charge is 0.497 e. The fourth-order valence-corrected chi connectivity index (χ4v) is 2.89. The summed E-state index contributed by atoms with van der Waals surface area (Å²) in [5.41, 5.74) is 8.04. The van der Waals surface area contributed by atoms with Crippen molar-refractivity contribution in [3.8, 4) is 11.4 Å². The van der Waals surface area contributed by atoms with E-state index in [4.69, 9.17) is 10.5 Å². The quantitative estimate of drug-likeness (QED) is 0.692. The predicted molar refractivity (Wildman–Crippen MR) is 95.5 cm³/mol. The number of nitrogens with two attached hydrogens (primary N) is 1. The highest BCUT2D eigenvalue weighted by Gasteiger charge is 2.11. The second-order valence-corrected chi connectivity index (χ2v) is 6.03. The fourth-order valence-electron chi connectivity index (χ4n) is 2.89. The van der Waals surface area contributed by atoms with Gasteiger partial charge in [-0.15, -0.1) is 0 Å². The molecule has 2 N–H and O–H groups in total. The lowest BCUT2D eigenvalue weighted by Crippen LogP contribution is -2.38. The molecule has 0 saturated carbocycles. The number of hydrogen-bond donors (Lipinski definition) is 1. The first-order valence-electron chi connectivity index (χ1n) is 8.50. The number of benzene rings is 1. The lowest BCUT2D eigenvalue weighted by molar-refractivity contribution is 0.414. The van der Waals surface area contributed by atoms with E-state index in [1.807, 2.05) is 41.2 Å². The Balaban J connectivity index is 1.63. The molecule has 128 valence electrons. The third-order valence-electron chi connectivity index (χ3n) is 4.31. The van der Waals surface area contributed by atoms with Crippen LogP contribution in [0.4, 0.5) is 0 Å². The molecule has 0 amide bonds. The van der Waals surface area contributed by atoms with E-state index in [2.05, 4.69) is 15.0 Å². The van der Waals surface area contributed by atoms with Crippen LogP contribution in [0.25, 0.3) is 5.69 Å². The first kappa shape index (κ1) is 16.4. The molecule has 0 radical (unpaired) electrons. The van der Waals surface area contributed by atoms with Crippen molar-refractivity contribution in [2.24, 2.45) is 10.7 Å². The molecule has 2 heterocycles. The van der Waals surface area contributed by atoms with E-state index in [0.29, 0.717) is 12.5 Å². The van der Waals surface area contributed by atoms with Crippen LogP contribution in [-0.4, -0.2) is 40.8 Å². The standard InChI is InChI=1S/C18H25N5O/c1-24-17-8-6-16(7-9-17)23-13-10-15(21-23)14-20-18(19)22-11-4-2-3-5-12-22/h6-10,13H,2-5,11-12,14H2,1H3,(H2,19,20). The number of methoxy groups -OCH3 is 1. The number of nitrogens with zero attached hydrogens (tertiary/aromatic N) is 4. The Morgan fingerprint density at radius 3 is 2.50 bits per heavy atom. The molecule has 0 spiro atoms. The van der Waals surface area contributed by atoms with Crippen LogP contribution in [0, 0.1) is 0 Å². The van der Waals surface area contributed by atoms with E-state index in [-0.39, 0.29) is 0 Å². The van der Waals surface area contributed by atoms with Crippen LogP contribution >= 0.6 is 0 Å². The topological polar surface area (TPSA) is 68.7 Å². The normalized spacial score (nSPS) is 16.0. The zero-order valence-electron chi connectivity index (χ0n) is 14.2. The van der Waals surface area contributed by atoms with Gasteiger partial charge in [0.1, 0.15) is 5.75 Å². The third-order valence-corrected chi connectivity index (χ3v) is 4.31. The van der Waals surface area contributed by atoms with Crippen molar-refractivity contribution in [3.05, 3.63) is 42.2 Å². The molecule has 2 aromatic rings. The van der Waals surface area contributed by atoms with Crippen LogP contribution in [0.5, 0.6) is 5.75 Å². The van der Waals surface area contributed by atoms with Gasteiger partial charge < -0.3 is 15.4 Å². The molecule has 0 aliphatic carbocycles. The van der Waals surface area contributed by atoms with Gasteiger partial charge in [-0.2, -0.15) is 5.10 Å². The van der Waals surface area contributed by atoms with Crippen LogP contribution in [0.3, 0.4) is 0 Å². The van der Waals surface area contributed by atoms with Crippen molar-refractivity contribution in [2.75, 3.05) is 20.2 Å². The minimum absolute atomic E-state index is 0.505. The molecule has 3 rings (SSSR count). The van der Waals surface area contributed by atoms with Crippen LogP contribution in [-0.2, 0) is 6.54 Å². The van der Waals surface area contributed by atoms with Gasteiger partial charge in [-0.1, -0.05) is 12.8 Å². The minimum atomic E-state index is 0.505. The Bertz CT molecular complexity index is 669. The maximum absolute atomic E-state index is 6.14. The van der Waals surface area contributed by atoms with Crippen LogP contribution in [0.15, 0.2) is 41.5 Å². The second-order valence-electron chi connectivity index (χ2n) is 6.03. The molecule has 0 unspecified atom stereocenters. The van der Waals surface area contributed by atoms with Crippen molar-refractivity contribution in [1.82, 2.24) is 14.7 Å². The van der Waals surface area contributed by atoms with E-state index < -0.39 is 0 Å². The van der Waals surface area contributed by atoms with Crippen LogP contribution < -0.4 is 10.5 Å². The zero-order chi connectivity index (χ0) is 16.8. The molecule has 0 atom stereocenters. The molecule has 1 aliphatic heterocycles. The number of guanidine groups is 1. The highest BCUT2D eigenvalue weighted by Crippen LogP contribution is 2.15. The lowest BCUT2D eigenvalue weighted by atomic mass is 10.2. The molecule has 1 aromatic carbocycles. The van der Waals surface area contributed by atoms with E-state index in [0.717, 1.165) is 30.2 Å². The van der Waals surface area contributed by atoms with Gasteiger partial charge in [0, 0.05) is 19.3 Å². The van der Waals surface area contributed by atoms with Gasteiger partial charge in [0.25, 0.3) is 0 Å². The average Bonchev–Trinajstić information content (AvgIpc) is 2.92. The molecule has 24 heavy (non-hydrogen) atoms. The number of rotatable bonds is 4. The number of aliphatic imine (C=N–C) groups is 1. The van der Waals surface area contributed by atoms with E-state index in [1.54, 1.807) is 7.11 Å². The number of ether oxygens (including phenoxy) is 1. The maximum atomic E-state index is 6.14. The van der Waals surface area contributed by atoms with Gasteiger partial charge in [0.15, 0.2) is 5.96 Å². The van der Waals surface area contributed by atoms with E-state index >= 15 is 0 Å². The highest BCUT2D eigenvalue weighted by atomic mass is 16.5. The molecular formula is C18H25N5O. The summed E-state index contributed by atoms with van der Waals surface area (Å²) in [6.07, 6.45) is 6.91. The minimum Gasteiger partial charge on any atom is -0.497 e. The lowest BCUT2D eigenvalue weighted by Gasteiger charge is -2.20. The van der Waals surface area contributed by atoms with Crippen LogP contribution in [0.1, 0.15) is 31.4 Å². The van der Waals surface area contributed by atoms with E-state index in [1.165, 1.54) is 25.7 Å². The smallest absolute Gasteiger partial charge is 0.191 e. The summed E-state index contributed by atoms with van der Waals surface area (Å²) in [4.78, 5) is 6.71. The van der Waals surface area contributed by atoms with Gasteiger partial charge >= 0.3 is 0 Å². The first-order valence-corrected chi connectivity index (χ1v) is 8.50. The van der Waals surface area contributed by atoms with Crippen molar-refractivity contribution < 1.29 is 4.74 Å². The molecular weight excluding hydrogens is 302 g/mol. The molecule has 1 saturated heterocycles.